The molecule has 2 rings (SSSR count). The highest BCUT2D eigenvalue weighted by atomic mass is 19.1. The molecule has 0 saturated carbocycles. The standard InChI is InChI=1S/C18H23FN4O/c1-14-11-20-8-7-17(14)21-9-10-22-18(24)13-23(2)12-15-5-3-4-6-16(15)19/h3-8,11H,9-10,12-13H2,1-2H3,(H,20,21)(H,22,24). The molecular formula is C18H23FN4O. The predicted molar refractivity (Wildman–Crippen MR) is 93.2 cm³/mol. The van der Waals surface area contributed by atoms with Gasteiger partial charge in [0.1, 0.15) is 5.82 Å². The second-order valence-electron chi connectivity index (χ2n) is 5.73. The number of anilines is 1. The van der Waals surface area contributed by atoms with Gasteiger partial charge in [-0.25, -0.2) is 4.39 Å². The Kier molecular flexibility index (Phi) is 6.69. The Bertz CT molecular complexity index is 678. The molecule has 0 aliphatic carbocycles. The number of aryl methyl sites for hydroxylation is 1. The van der Waals surface area contributed by atoms with Crippen LogP contribution in [-0.4, -0.2) is 42.5 Å². The number of pyridine rings is 1. The van der Waals surface area contributed by atoms with Gasteiger partial charge in [-0.05, 0) is 31.7 Å². The fourth-order valence-electron chi connectivity index (χ4n) is 2.35. The third-order valence-electron chi connectivity index (χ3n) is 3.59. The topological polar surface area (TPSA) is 57.3 Å². The van der Waals surface area contributed by atoms with E-state index in [0.717, 1.165) is 11.3 Å². The summed E-state index contributed by atoms with van der Waals surface area (Å²) in [7, 11) is 1.80. The Morgan fingerprint density at radius 1 is 1.25 bits per heavy atom. The van der Waals surface area contributed by atoms with Crippen molar-refractivity contribution >= 4 is 11.6 Å². The van der Waals surface area contributed by atoms with Crippen molar-refractivity contribution in [3.8, 4) is 0 Å². The lowest BCUT2D eigenvalue weighted by atomic mass is 10.2. The maximum Gasteiger partial charge on any atom is 0.234 e. The minimum atomic E-state index is -0.248. The van der Waals surface area contributed by atoms with Gasteiger partial charge in [0.2, 0.25) is 5.91 Å². The largest absolute Gasteiger partial charge is 0.383 e. The molecule has 0 saturated heterocycles. The second-order valence-corrected chi connectivity index (χ2v) is 5.73. The van der Waals surface area contributed by atoms with E-state index in [0.29, 0.717) is 25.2 Å². The van der Waals surface area contributed by atoms with Gasteiger partial charge in [0.05, 0.1) is 6.54 Å². The highest BCUT2D eigenvalue weighted by Gasteiger charge is 2.09. The molecule has 2 aromatic rings. The van der Waals surface area contributed by atoms with Gasteiger partial charge in [-0.2, -0.15) is 0 Å². The van der Waals surface area contributed by atoms with Crippen LogP contribution in [0, 0.1) is 12.7 Å². The number of hydrogen-bond donors (Lipinski definition) is 2. The van der Waals surface area contributed by atoms with E-state index < -0.39 is 0 Å². The molecule has 6 heteroatoms. The van der Waals surface area contributed by atoms with Crippen LogP contribution in [0.15, 0.2) is 42.7 Å². The SMILES string of the molecule is Cc1cnccc1NCCNC(=O)CN(C)Cc1ccccc1F. The van der Waals surface area contributed by atoms with Crippen molar-refractivity contribution in [1.82, 2.24) is 15.2 Å². The van der Waals surface area contributed by atoms with Gasteiger partial charge in [0.15, 0.2) is 0 Å². The van der Waals surface area contributed by atoms with Crippen molar-refractivity contribution in [2.45, 2.75) is 13.5 Å². The summed E-state index contributed by atoms with van der Waals surface area (Å²) in [5.41, 5.74) is 2.66. The zero-order chi connectivity index (χ0) is 17.4. The van der Waals surface area contributed by atoms with E-state index in [1.807, 2.05) is 13.0 Å². The minimum absolute atomic E-state index is 0.0814. The summed E-state index contributed by atoms with van der Waals surface area (Å²) >= 11 is 0. The van der Waals surface area contributed by atoms with Gasteiger partial charge in [0, 0.05) is 43.3 Å². The number of carbonyl (C=O) groups excluding carboxylic acids is 1. The van der Waals surface area contributed by atoms with Crippen LogP contribution in [0.5, 0.6) is 0 Å². The first-order valence-electron chi connectivity index (χ1n) is 7.89. The highest BCUT2D eigenvalue weighted by molar-refractivity contribution is 5.78. The summed E-state index contributed by atoms with van der Waals surface area (Å²) in [4.78, 5) is 17.7. The van der Waals surface area contributed by atoms with Crippen LogP contribution in [0.2, 0.25) is 0 Å². The molecule has 24 heavy (non-hydrogen) atoms. The Hall–Kier alpha value is -2.47. The van der Waals surface area contributed by atoms with Crippen LogP contribution in [0.3, 0.4) is 0 Å². The summed E-state index contributed by atoms with van der Waals surface area (Å²) in [6.07, 6.45) is 3.52. The molecule has 0 atom stereocenters. The van der Waals surface area contributed by atoms with Gasteiger partial charge in [-0.1, -0.05) is 18.2 Å². The van der Waals surface area contributed by atoms with Crippen LogP contribution in [0.1, 0.15) is 11.1 Å². The van der Waals surface area contributed by atoms with Gasteiger partial charge >= 0.3 is 0 Å². The monoisotopic (exact) mass is 330 g/mol. The van der Waals surface area contributed by atoms with Gasteiger partial charge < -0.3 is 10.6 Å². The summed E-state index contributed by atoms with van der Waals surface area (Å²) in [5.74, 6) is -0.330. The Balaban J connectivity index is 1.68. The van der Waals surface area contributed by atoms with E-state index in [1.54, 1.807) is 42.5 Å². The van der Waals surface area contributed by atoms with Crippen molar-refractivity contribution in [2.75, 3.05) is 32.0 Å². The summed E-state index contributed by atoms with van der Waals surface area (Å²) in [6, 6.07) is 8.50. The number of aromatic nitrogens is 1. The fourth-order valence-corrected chi connectivity index (χ4v) is 2.35. The normalized spacial score (nSPS) is 10.7. The van der Waals surface area contributed by atoms with Crippen molar-refractivity contribution in [1.29, 1.82) is 0 Å². The molecule has 0 aliphatic rings. The van der Waals surface area contributed by atoms with E-state index >= 15 is 0 Å². The first-order chi connectivity index (χ1) is 11.6. The van der Waals surface area contributed by atoms with Crippen LogP contribution < -0.4 is 10.6 Å². The molecule has 1 amide bonds. The lowest BCUT2D eigenvalue weighted by Gasteiger charge is -2.17. The molecule has 5 nitrogen and oxygen atoms in total. The van der Waals surface area contributed by atoms with E-state index in [1.165, 1.54) is 6.07 Å². The van der Waals surface area contributed by atoms with Crippen LogP contribution in [-0.2, 0) is 11.3 Å². The molecule has 0 unspecified atom stereocenters. The number of likely N-dealkylation sites (N-methyl/N-ethyl adjacent to an activating group) is 1. The van der Waals surface area contributed by atoms with Crippen LogP contribution in [0.25, 0.3) is 0 Å². The molecule has 0 radical (unpaired) electrons. The number of hydrogen-bond acceptors (Lipinski definition) is 4. The fraction of sp³-hybridized carbons (Fsp3) is 0.333. The van der Waals surface area contributed by atoms with E-state index in [4.69, 9.17) is 0 Å². The summed E-state index contributed by atoms with van der Waals surface area (Å²) < 4.78 is 13.6. The molecule has 1 heterocycles. The molecule has 1 aromatic carbocycles. The molecule has 128 valence electrons. The van der Waals surface area contributed by atoms with Gasteiger partial charge in [-0.3, -0.25) is 14.7 Å². The average Bonchev–Trinajstić information content (AvgIpc) is 2.55. The maximum atomic E-state index is 13.6. The van der Waals surface area contributed by atoms with E-state index in [9.17, 15) is 9.18 Å². The Morgan fingerprint density at radius 3 is 2.79 bits per heavy atom. The highest BCUT2D eigenvalue weighted by Crippen LogP contribution is 2.10. The van der Waals surface area contributed by atoms with Gasteiger partial charge in [-0.15, -0.1) is 0 Å². The zero-order valence-electron chi connectivity index (χ0n) is 14.1. The van der Waals surface area contributed by atoms with Crippen molar-refractivity contribution < 1.29 is 9.18 Å². The Morgan fingerprint density at radius 2 is 2.04 bits per heavy atom. The van der Waals surface area contributed by atoms with Gasteiger partial charge in [0.25, 0.3) is 0 Å². The zero-order valence-corrected chi connectivity index (χ0v) is 14.1. The molecule has 0 bridgehead atoms. The number of nitrogens with zero attached hydrogens (tertiary/aromatic N) is 2. The molecule has 0 spiro atoms. The van der Waals surface area contributed by atoms with Crippen LogP contribution >= 0.6 is 0 Å². The molecule has 0 aliphatic heterocycles. The molecule has 1 aromatic heterocycles. The lowest BCUT2D eigenvalue weighted by molar-refractivity contribution is -0.121. The average molecular weight is 330 g/mol. The number of benzene rings is 1. The number of amides is 1. The number of halogens is 1. The lowest BCUT2D eigenvalue weighted by Crippen LogP contribution is -2.37. The molecular weight excluding hydrogens is 307 g/mol. The number of rotatable bonds is 8. The number of nitrogens with one attached hydrogen (secondary N) is 2. The second kappa shape index (κ2) is 8.98. The smallest absolute Gasteiger partial charge is 0.234 e. The van der Waals surface area contributed by atoms with E-state index in [-0.39, 0.29) is 18.3 Å². The molecule has 0 fully saturated rings. The maximum absolute atomic E-state index is 13.6. The van der Waals surface area contributed by atoms with Crippen molar-refractivity contribution in [3.63, 3.8) is 0 Å². The first-order valence-corrected chi connectivity index (χ1v) is 7.89. The Labute approximate surface area is 141 Å². The van der Waals surface area contributed by atoms with Crippen molar-refractivity contribution in [3.05, 3.63) is 59.7 Å². The third kappa shape index (κ3) is 5.62. The summed E-state index contributed by atoms with van der Waals surface area (Å²) in [6.45, 7) is 3.75. The predicted octanol–water partition coefficient (Wildman–Crippen LogP) is 2.19. The molecule has 2 N–H and O–H groups in total. The van der Waals surface area contributed by atoms with Crippen LogP contribution in [0.4, 0.5) is 10.1 Å². The number of carbonyl (C=O) groups is 1. The quantitative estimate of drug-likeness (QED) is 0.729. The van der Waals surface area contributed by atoms with E-state index in [2.05, 4.69) is 15.6 Å². The third-order valence-corrected chi connectivity index (χ3v) is 3.59. The van der Waals surface area contributed by atoms with Crippen molar-refractivity contribution in [2.24, 2.45) is 0 Å². The first kappa shape index (κ1) is 17.9. The minimum Gasteiger partial charge on any atom is -0.383 e. The summed E-state index contributed by atoms with van der Waals surface area (Å²) in [5, 5.41) is 6.10.